The van der Waals surface area contributed by atoms with Gasteiger partial charge < -0.3 is 26.8 Å². The van der Waals surface area contributed by atoms with Crippen LogP contribution >= 0.6 is 0 Å². The maximum Gasteiger partial charge on any atom is 0.407 e. The van der Waals surface area contributed by atoms with Gasteiger partial charge in [-0.2, -0.15) is 4.31 Å². The van der Waals surface area contributed by atoms with Crippen LogP contribution in [-0.4, -0.2) is 63.6 Å². The Morgan fingerprint density at radius 3 is 1.96 bits per heavy atom. The third-order valence-electron chi connectivity index (χ3n) is 7.75. The number of carbonyl (C=O) groups excluding carboxylic acids is 2. The molecule has 2 amide bonds. The molecule has 0 aliphatic carbocycles. The van der Waals surface area contributed by atoms with Gasteiger partial charge in [-0.25, -0.2) is 13.2 Å². The first kappa shape index (κ1) is 35.5. The molecule has 1 unspecified atom stereocenters. The lowest BCUT2D eigenvalue weighted by atomic mass is 9.84. The summed E-state index contributed by atoms with van der Waals surface area (Å²) in [6.07, 6.45) is 1.74. The Morgan fingerprint density at radius 1 is 0.867 bits per heavy atom. The highest BCUT2D eigenvalue weighted by molar-refractivity contribution is 7.89. The largest absolute Gasteiger partial charge is 0.453 e. The highest BCUT2D eigenvalue weighted by atomic mass is 32.2. The molecule has 0 bridgehead atoms. The first-order valence-corrected chi connectivity index (χ1v) is 16.8. The number of anilines is 1. The maximum absolute atomic E-state index is 13.6. The zero-order valence-corrected chi connectivity index (χ0v) is 27.2. The molecule has 45 heavy (non-hydrogen) atoms. The predicted octanol–water partition coefficient (Wildman–Crippen LogP) is 4.48. The van der Waals surface area contributed by atoms with Crippen LogP contribution in [0.25, 0.3) is 0 Å². The van der Waals surface area contributed by atoms with Gasteiger partial charge in [-0.3, -0.25) is 4.79 Å². The number of nitrogen functional groups attached to an aromatic ring is 1. The van der Waals surface area contributed by atoms with E-state index in [2.05, 4.69) is 24.5 Å². The smallest absolute Gasteiger partial charge is 0.407 e. The van der Waals surface area contributed by atoms with Crippen molar-refractivity contribution in [1.29, 1.82) is 0 Å². The summed E-state index contributed by atoms with van der Waals surface area (Å²) < 4.78 is 33.7. The van der Waals surface area contributed by atoms with E-state index in [1.165, 1.54) is 23.5 Å². The molecule has 0 fully saturated rings. The second-order valence-corrected chi connectivity index (χ2v) is 13.3. The lowest BCUT2D eigenvalue weighted by molar-refractivity contribution is -0.123. The van der Waals surface area contributed by atoms with E-state index in [-0.39, 0.29) is 17.3 Å². The minimum absolute atomic E-state index is 0.166. The molecule has 2 atom stereocenters. The van der Waals surface area contributed by atoms with E-state index in [1.807, 2.05) is 60.7 Å². The maximum atomic E-state index is 13.6. The number of alkyl carbamates (subject to hydrolysis) is 1. The van der Waals surface area contributed by atoms with Crippen molar-refractivity contribution in [3.63, 3.8) is 0 Å². The molecule has 6 N–H and O–H groups in total. The number of nitrogens with zero attached hydrogens (tertiary/aromatic N) is 1. The number of unbranched alkanes of at least 4 members (excludes halogenated alkanes) is 1. The Labute approximate surface area is 267 Å². The van der Waals surface area contributed by atoms with Crippen molar-refractivity contribution in [2.24, 2.45) is 11.7 Å². The second kappa shape index (κ2) is 17.5. The van der Waals surface area contributed by atoms with Crippen LogP contribution in [0.3, 0.4) is 0 Å². The summed E-state index contributed by atoms with van der Waals surface area (Å²) in [4.78, 5) is 26.1. The molecule has 0 aromatic heterocycles. The minimum atomic E-state index is -3.79. The Bertz CT molecular complexity index is 1400. The van der Waals surface area contributed by atoms with Gasteiger partial charge in [-0.1, -0.05) is 80.9 Å². The highest BCUT2D eigenvalue weighted by Crippen LogP contribution is 2.29. The number of hydrogen-bond donors (Lipinski definition) is 4. The van der Waals surface area contributed by atoms with Crippen LogP contribution in [0.1, 0.15) is 56.6 Å². The molecule has 0 spiro atoms. The molecule has 0 saturated heterocycles. The molecule has 0 aliphatic heterocycles. The van der Waals surface area contributed by atoms with Gasteiger partial charge in [0.05, 0.1) is 12.0 Å². The molecule has 11 heteroatoms. The molecule has 0 saturated carbocycles. The summed E-state index contributed by atoms with van der Waals surface area (Å²) in [6.45, 7) is 4.96. The zero-order valence-electron chi connectivity index (χ0n) is 26.4. The molecule has 0 radical (unpaired) electrons. The van der Waals surface area contributed by atoms with Crippen LogP contribution in [0.5, 0.6) is 0 Å². The van der Waals surface area contributed by atoms with Crippen LogP contribution < -0.4 is 22.1 Å². The van der Waals surface area contributed by atoms with Gasteiger partial charge in [0, 0.05) is 37.3 Å². The van der Waals surface area contributed by atoms with Crippen molar-refractivity contribution in [3.05, 3.63) is 96.1 Å². The SMILES string of the molecule is COC(=O)N[C@H](C(=O)NCCCCC(CN)N(CCC(C)C)S(=O)(=O)c1ccc(N)cc1)C(c1ccccc1)c1ccccc1. The van der Waals surface area contributed by atoms with E-state index in [4.69, 9.17) is 16.2 Å². The van der Waals surface area contributed by atoms with Crippen LogP contribution in [0.2, 0.25) is 0 Å². The summed E-state index contributed by atoms with van der Waals surface area (Å²) >= 11 is 0. The Kier molecular flexibility index (Phi) is 13.8. The number of rotatable bonds is 17. The summed E-state index contributed by atoms with van der Waals surface area (Å²) in [5.41, 5.74) is 14.2. The fourth-order valence-electron chi connectivity index (χ4n) is 5.25. The van der Waals surface area contributed by atoms with Gasteiger partial charge in [0.15, 0.2) is 0 Å². The number of nitrogens with one attached hydrogen (secondary N) is 2. The number of nitrogens with two attached hydrogens (primary N) is 2. The predicted molar refractivity (Wildman–Crippen MR) is 178 cm³/mol. The standard InChI is InChI=1S/C34H47N5O5S/c1-25(2)21-23-39(45(42,43)30-19-17-28(36)18-20-30)29(24-35)16-10-11-22-37-33(40)32(38-34(41)44-3)31(26-12-6-4-7-13-26)27-14-8-5-9-15-27/h4-9,12-15,17-20,25,29,31-32H,10-11,16,21-24,35-36H2,1-3H3,(H,37,40)(H,38,41)/t29?,32-/m0/s1. The van der Waals surface area contributed by atoms with E-state index in [9.17, 15) is 18.0 Å². The van der Waals surface area contributed by atoms with Crippen LogP contribution in [0.4, 0.5) is 10.5 Å². The lowest BCUT2D eigenvalue weighted by Gasteiger charge is -2.31. The van der Waals surface area contributed by atoms with Crippen molar-refractivity contribution in [2.45, 2.75) is 62.4 Å². The van der Waals surface area contributed by atoms with Crippen LogP contribution in [0, 0.1) is 5.92 Å². The molecule has 3 aromatic carbocycles. The zero-order chi connectivity index (χ0) is 32.8. The third kappa shape index (κ3) is 10.3. The molecular formula is C34H47N5O5S. The number of sulfonamides is 1. The van der Waals surface area contributed by atoms with E-state index in [0.29, 0.717) is 50.4 Å². The molecule has 3 aromatic rings. The van der Waals surface area contributed by atoms with Gasteiger partial charge in [0.25, 0.3) is 0 Å². The average molecular weight is 638 g/mol. The number of amides is 2. The normalized spacial score (nSPS) is 13.0. The molecule has 3 rings (SSSR count). The fourth-order valence-corrected chi connectivity index (χ4v) is 6.93. The molecule has 0 aliphatic rings. The number of benzene rings is 3. The van der Waals surface area contributed by atoms with Crippen LogP contribution in [0.15, 0.2) is 89.8 Å². The van der Waals surface area contributed by atoms with Crippen molar-refractivity contribution < 1.29 is 22.7 Å². The molecule has 10 nitrogen and oxygen atoms in total. The first-order valence-electron chi connectivity index (χ1n) is 15.4. The van der Waals surface area contributed by atoms with Crippen molar-refractivity contribution in [3.8, 4) is 0 Å². The van der Waals surface area contributed by atoms with Crippen molar-refractivity contribution in [2.75, 3.05) is 32.5 Å². The Morgan fingerprint density at radius 2 is 1.44 bits per heavy atom. The van der Waals surface area contributed by atoms with Gasteiger partial charge in [0.1, 0.15) is 6.04 Å². The molecule has 0 heterocycles. The topological polar surface area (TPSA) is 157 Å². The van der Waals surface area contributed by atoms with Crippen molar-refractivity contribution >= 4 is 27.7 Å². The van der Waals surface area contributed by atoms with Crippen molar-refractivity contribution in [1.82, 2.24) is 14.9 Å². The number of ether oxygens (including phenoxy) is 1. The first-order chi connectivity index (χ1) is 21.6. The van der Waals surface area contributed by atoms with E-state index in [0.717, 1.165) is 11.1 Å². The van der Waals surface area contributed by atoms with Gasteiger partial charge >= 0.3 is 6.09 Å². The fraction of sp³-hybridized carbons (Fsp3) is 0.412. The van der Waals surface area contributed by atoms with Gasteiger partial charge in [0.2, 0.25) is 15.9 Å². The molecular weight excluding hydrogens is 590 g/mol. The summed E-state index contributed by atoms with van der Waals surface area (Å²) in [6, 6.07) is 23.9. The lowest BCUT2D eigenvalue weighted by Crippen LogP contribution is -2.50. The highest BCUT2D eigenvalue weighted by Gasteiger charge is 2.33. The van der Waals surface area contributed by atoms with Gasteiger partial charge in [-0.15, -0.1) is 0 Å². The van der Waals surface area contributed by atoms with E-state index >= 15 is 0 Å². The van der Waals surface area contributed by atoms with Crippen LogP contribution in [-0.2, 0) is 19.6 Å². The molecule has 244 valence electrons. The van der Waals surface area contributed by atoms with E-state index < -0.39 is 34.1 Å². The number of carbonyl (C=O) groups is 2. The number of methoxy groups -OCH3 is 1. The summed E-state index contributed by atoms with van der Waals surface area (Å²) in [5.74, 6) is -0.496. The summed E-state index contributed by atoms with van der Waals surface area (Å²) in [5, 5.41) is 5.70. The Hall–Kier alpha value is -3.93. The Balaban J connectivity index is 1.70. The average Bonchev–Trinajstić information content (AvgIpc) is 3.04. The minimum Gasteiger partial charge on any atom is -0.453 e. The number of hydrogen-bond acceptors (Lipinski definition) is 7. The quantitative estimate of drug-likeness (QED) is 0.126. The monoisotopic (exact) mass is 637 g/mol. The summed E-state index contributed by atoms with van der Waals surface area (Å²) in [7, 11) is -2.53. The third-order valence-corrected chi connectivity index (χ3v) is 9.71. The van der Waals surface area contributed by atoms with Gasteiger partial charge in [-0.05, 0) is 60.6 Å². The van der Waals surface area contributed by atoms with E-state index in [1.54, 1.807) is 12.1 Å². The second-order valence-electron chi connectivity index (χ2n) is 11.5.